The predicted molar refractivity (Wildman–Crippen MR) is 74.1 cm³/mol. The molecule has 0 aromatic carbocycles. The van der Waals surface area contributed by atoms with Crippen LogP contribution in [0.25, 0.3) is 0 Å². The first-order valence-electron chi connectivity index (χ1n) is 5.50. The lowest BCUT2D eigenvalue weighted by Gasteiger charge is -2.02. The molecule has 0 saturated carbocycles. The smallest absolute Gasteiger partial charge is 0.282 e. The lowest BCUT2D eigenvalue weighted by Crippen LogP contribution is -2.24. The highest BCUT2D eigenvalue weighted by molar-refractivity contribution is 7.98. The van der Waals surface area contributed by atoms with E-state index in [9.17, 15) is 4.79 Å². The molecule has 1 rings (SSSR count). The van der Waals surface area contributed by atoms with Gasteiger partial charge in [-0.15, -0.1) is 10.2 Å². The van der Waals surface area contributed by atoms with Crippen LogP contribution in [0.5, 0.6) is 0 Å². The van der Waals surface area contributed by atoms with E-state index in [1.54, 1.807) is 0 Å². The molecule has 1 amide bonds. The fourth-order valence-corrected chi connectivity index (χ4v) is 2.54. The zero-order chi connectivity index (χ0) is 12.5. The predicted octanol–water partition coefficient (Wildman–Crippen LogP) is 2.84. The summed E-state index contributed by atoms with van der Waals surface area (Å²) in [7, 11) is 0. The number of aromatic nitrogens is 2. The highest BCUT2D eigenvalue weighted by Gasteiger charge is 2.10. The maximum absolute atomic E-state index is 11.5. The Balaban J connectivity index is 2.05. The van der Waals surface area contributed by atoms with E-state index in [2.05, 4.69) is 21.8 Å². The minimum Gasteiger partial charge on any atom is -0.350 e. The van der Waals surface area contributed by atoms with Crippen LogP contribution >= 0.6 is 34.7 Å². The summed E-state index contributed by atoms with van der Waals surface area (Å²) in [6, 6.07) is 0. The Morgan fingerprint density at radius 2 is 2.12 bits per heavy atom. The third-order valence-corrected chi connectivity index (χ3v) is 3.87. The topological polar surface area (TPSA) is 54.9 Å². The number of nitrogens with zero attached hydrogens (tertiary/aromatic N) is 2. The monoisotopic (exact) mass is 293 g/mol. The molecule has 17 heavy (non-hydrogen) atoms. The van der Waals surface area contributed by atoms with E-state index in [4.69, 9.17) is 11.6 Å². The summed E-state index contributed by atoms with van der Waals surface area (Å²) >= 11 is 8.57. The van der Waals surface area contributed by atoms with Crippen molar-refractivity contribution in [1.82, 2.24) is 15.5 Å². The van der Waals surface area contributed by atoms with Gasteiger partial charge in [0.1, 0.15) is 0 Å². The van der Waals surface area contributed by atoms with Gasteiger partial charge in [-0.05, 0) is 36.5 Å². The fourth-order valence-electron chi connectivity index (χ4n) is 1.30. The van der Waals surface area contributed by atoms with Gasteiger partial charge >= 0.3 is 0 Å². The molecular weight excluding hydrogens is 278 g/mol. The van der Waals surface area contributed by atoms with Crippen molar-refractivity contribution in [2.75, 3.05) is 18.6 Å². The molecule has 0 aliphatic heterocycles. The summed E-state index contributed by atoms with van der Waals surface area (Å²) in [6.07, 6.45) is 6.75. The quantitative estimate of drug-likeness (QED) is 0.749. The van der Waals surface area contributed by atoms with Crippen LogP contribution in [0.4, 0.5) is 0 Å². The number of halogens is 1. The standard InChI is InChI=1S/C10H16ClN3OS2/c1-16-7-5-3-2-4-6-12-8(15)9-13-14-10(11)17-9/h2-7H2,1H3,(H,12,15). The van der Waals surface area contributed by atoms with Gasteiger partial charge in [-0.2, -0.15) is 11.8 Å². The zero-order valence-electron chi connectivity index (χ0n) is 9.74. The number of carbonyl (C=O) groups excluding carboxylic acids is 1. The van der Waals surface area contributed by atoms with Crippen LogP contribution in [-0.4, -0.2) is 34.7 Å². The van der Waals surface area contributed by atoms with Crippen LogP contribution in [0.3, 0.4) is 0 Å². The van der Waals surface area contributed by atoms with Crippen LogP contribution in [-0.2, 0) is 0 Å². The van der Waals surface area contributed by atoms with Crippen molar-refractivity contribution in [2.24, 2.45) is 0 Å². The Hall–Kier alpha value is -0.330. The highest BCUT2D eigenvalue weighted by atomic mass is 35.5. The van der Waals surface area contributed by atoms with E-state index in [1.807, 2.05) is 11.8 Å². The van der Waals surface area contributed by atoms with Gasteiger partial charge in [-0.3, -0.25) is 4.79 Å². The van der Waals surface area contributed by atoms with Gasteiger partial charge in [0, 0.05) is 6.54 Å². The summed E-state index contributed by atoms with van der Waals surface area (Å²) in [5.74, 6) is 1.04. The molecule has 0 radical (unpaired) electrons. The molecule has 0 aliphatic rings. The summed E-state index contributed by atoms with van der Waals surface area (Å²) in [5.41, 5.74) is 0. The largest absolute Gasteiger partial charge is 0.350 e. The van der Waals surface area contributed by atoms with Crippen molar-refractivity contribution in [3.05, 3.63) is 9.47 Å². The van der Waals surface area contributed by atoms with Crippen molar-refractivity contribution in [3.63, 3.8) is 0 Å². The molecule has 1 aromatic heterocycles. The summed E-state index contributed by atoms with van der Waals surface area (Å²) in [5, 5.41) is 10.4. The third kappa shape index (κ3) is 6.24. The SMILES string of the molecule is CSCCCCCCNC(=O)c1nnc(Cl)s1. The molecule has 0 saturated heterocycles. The molecule has 0 spiro atoms. The molecule has 0 bridgehead atoms. The van der Waals surface area contributed by atoms with E-state index < -0.39 is 0 Å². The van der Waals surface area contributed by atoms with E-state index >= 15 is 0 Å². The Morgan fingerprint density at radius 1 is 1.35 bits per heavy atom. The van der Waals surface area contributed by atoms with Crippen LogP contribution in [0.2, 0.25) is 4.47 Å². The summed E-state index contributed by atoms with van der Waals surface area (Å²) in [6.45, 7) is 0.690. The number of unbranched alkanes of at least 4 members (excludes halogenated alkanes) is 3. The molecule has 96 valence electrons. The second-order valence-corrected chi connectivity index (χ2v) is 6.07. The van der Waals surface area contributed by atoms with Crippen molar-refractivity contribution in [3.8, 4) is 0 Å². The van der Waals surface area contributed by atoms with Crippen LogP contribution in [0, 0.1) is 0 Å². The minimum atomic E-state index is -0.182. The van der Waals surface area contributed by atoms with Gasteiger partial charge in [0.15, 0.2) is 0 Å². The lowest BCUT2D eigenvalue weighted by molar-refractivity contribution is 0.0952. The van der Waals surface area contributed by atoms with Gasteiger partial charge < -0.3 is 5.32 Å². The summed E-state index contributed by atoms with van der Waals surface area (Å²) in [4.78, 5) is 11.5. The average Bonchev–Trinajstić information content (AvgIpc) is 2.74. The second kappa shape index (κ2) is 8.72. The Morgan fingerprint density at radius 3 is 2.76 bits per heavy atom. The first-order valence-corrected chi connectivity index (χ1v) is 8.09. The average molecular weight is 294 g/mol. The fraction of sp³-hybridized carbons (Fsp3) is 0.700. The van der Waals surface area contributed by atoms with Gasteiger partial charge in [-0.25, -0.2) is 0 Å². The van der Waals surface area contributed by atoms with Gasteiger partial charge in [-0.1, -0.05) is 24.2 Å². The number of carbonyl (C=O) groups is 1. The van der Waals surface area contributed by atoms with E-state index in [0.717, 1.165) is 24.2 Å². The van der Waals surface area contributed by atoms with Gasteiger partial charge in [0.25, 0.3) is 5.91 Å². The van der Waals surface area contributed by atoms with Crippen LogP contribution in [0.15, 0.2) is 0 Å². The van der Waals surface area contributed by atoms with Crippen molar-refractivity contribution >= 4 is 40.6 Å². The molecule has 7 heteroatoms. The zero-order valence-corrected chi connectivity index (χ0v) is 12.1. The molecule has 1 heterocycles. The normalized spacial score (nSPS) is 10.5. The van der Waals surface area contributed by atoms with Crippen LogP contribution in [0.1, 0.15) is 35.5 Å². The molecule has 0 aliphatic carbocycles. The summed E-state index contributed by atoms with van der Waals surface area (Å²) < 4.78 is 0.298. The van der Waals surface area contributed by atoms with Crippen molar-refractivity contribution in [1.29, 1.82) is 0 Å². The molecule has 1 aromatic rings. The molecule has 0 unspecified atom stereocenters. The lowest BCUT2D eigenvalue weighted by atomic mass is 10.2. The van der Waals surface area contributed by atoms with Crippen LogP contribution < -0.4 is 5.32 Å². The molecule has 0 fully saturated rings. The molecule has 4 nitrogen and oxygen atoms in total. The first kappa shape index (κ1) is 14.7. The van der Waals surface area contributed by atoms with Crippen molar-refractivity contribution in [2.45, 2.75) is 25.7 Å². The maximum Gasteiger partial charge on any atom is 0.282 e. The highest BCUT2D eigenvalue weighted by Crippen LogP contribution is 2.14. The number of rotatable bonds is 8. The molecule has 1 N–H and O–H groups in total. The third-order valence-electron chi connectivity index (χ3n) is 2.16. The number of hydrogen-bond acceptors (Lipinski definition) is 5. The first-order chi connectivity index (χ1) is 8.24. The maximum atomic E-state index is 11.5. The van der Waals surface area contributed by atoms with E-state index in [-0.39, 0.29) is 5.91 Å². The van der Waals surface area contributed by atoms with E-state index in [1.165, 1.54) is 18.6 Å². The minimum absolute atomic E-state index is 0.182. The van der Waals surface area contributed by atoms with Gasteiger partial charge in [0.05, 0.1) is 0 Å². The Labute approximate surface area is 115 Å². The molecular formula is C10H16ClN3OS2. The number of thioether (sulfide) groups is 1. The Bertz CT molecular complexity index is 346. The van der Waals surface area contributed by atoms with E-state index in [0.29, 0.717) is 16.0 Å². The number of amides is 1. The second-order valence-electron chi connectivity index (χ2n) is 3.52. The number of hydrogen-bond donors (Lipinski definition) is 1. The van der Waals surface area contributed by atoms with Crippen molar-refractivity contribution < 1.29 is 4.79 Å². The number of nitrogens with one attached hydrogen (secondary N) is 1. The van der Waals surface area contributed by atoms with Gasteiger partial charge in [0.2, 0.25) is 9.47 Å². The Kier molecular flexibility index (Phi) is 7.55. The molecule has 0 atom stereocenters.